The maximum atomic E-state index is 5.56. The zero-order valence-corrected chi connectivity index (χ0v) is 13.2. The summed E-state index contributed by atoms with van der Waals surface area (Å²) in [4.78, 5) is 12.1. The molecule has 0 unspecified atom stereocenters. The van der Waals surface area contributed by atoms with Crippen molar-refractivity contribution in [2.45, 2.75) is 20.0 Å². The lowest BCUT2D eigenvalue weighted by molar-refractivity contribution is 0.218. The molecule has 8 heteroatoms. The number of hydrogen-bond donors (Lipinski definition) is 2. The van der Waals surface area contributed by atoms with Gasteiger partial charge < -0.3 is 9.47 Å². The van der Waals surface area contributed by atoms with E-state index in [0.717, 1.165) is 3.57 Å². The summed E-state index contributed by atoms with van der Waals surface area (Å²) in [6.07, 6.45) is -0.0609. The number of nitrogens with two attached hydrogens (primary N) is 1. The smallest absolute Gasteiger partial charge is 0.330 e. The van der Waals surface area contributed by atoms with E-state index >= 15 is 0 Å². The van der Waals surface area contributed by atoms with Crippen LogP contribution >= 0.6 is 22.6 Å². The first kappa shape index (κ1) is 14.7. The van der Waals surface area contributed by atoms with Crippen molar-refractivity contribution in [3.63, 3.8) is 0 Å². The van der Waals surface area contributed by atoms with E-state index in [4.69, 9.17) is 15.3 Å². The number of nitrogen functional groups attached to an aromatic ring is 1. The van der Waals surface area contributed by atoms with Crippen LogP contribution in [0.1, 0.15) is 13.8 Å². The maximum absolute atomic E-state index is 5.56. The number of hydrazine groups is 1. The Hall–Kier alpha value is -1.68. The number of benzene rings is 1. The highest BCUT2D eigenvalue weighted by molar-refractivity contribution is 14.1. The molecular weight excluding hydrogens is 373 g/mol. The quantitative estimate of drug-likeness (QED) is 0.462. The Morgan fingerprint density at radius 2 is 1.75 bits per heavy atom. The van der Waals surface area contributed by atoms with Gasteiger partial charge >= 0.3 is 12.0 Å². The van der Waals surface area contributed by atoms with Gasteiger partial charge in [-0.05, 0) is 60.7 Å². The molecule has 7 nitrogen and oxygen atoms in total. The van der Waals surface area contributed by atoms with Gasteiger partial charge in [-0.1, -0.05) is 0 Å². The third-order valence-corrected chi connectivity index (χ3v) is 2.81. The van der Waals surface area contributed by atoms with E-state index in [1.54, 1.807) is 0 Å². The summed E-state index contributed by atoms with van der Waals surface area (Å²) >= 11 is 2.21. The van der Waals surface area contributed by atoms with Gasteiger partial charge in [0, 0.05) is 3.57 Å². The number of aromatic nitrogens is 3. The highest BCUT2D eigenvalue weighted by Crippen LogP contribution is 2.21. The summed E-state index contributed by atoms with van der Waals surface area (Å²) < 4.78 is 12.1. The van der Waals surface area contributed by atoms with Crippen LogP contribution in [0.2, 0.25) is 0 Å². The van der Waals surface area contributed by atoms with E-state index in [0.29, 0.717) is 5.75 Å². The minimum atomic E-state index is -0.0609. The molecule has 1 aromatic heterocycles. The molecule has 0 aliphatic rings. The molecule has 2 rings (SSSR count). The van der Waals surface area contributed by atoms with Crippen molar-refractivity contribution in [1.82, 2.24) is 15.0 Å². The highest BCUT2D eigenvalue weighted by atomic mass is 127. The average molecular weight is 387 g/mol. The van der Waals surface area contributed by atoms with Crippen LogP contribution < -0.4 is 20.7 Å². The largest absolute Gasteiger partial charge is 0.461 e. The Morgan fingerprint density at radius 1 is 1.10 bits per heavy atom. The fourth-order valence-corrected chi connectivity index (χ4v) is 1.68. The molecule has 1 heterocycles. The molecule has 0 amide bonds. The summed E-state index contributed by atoms with van der Waals surface area (Å²) in [5.74, 6) is 6.11. The molecule has 106 valence electrons. The number of rotatable bonds is 5. The first-order valence-electron chi connectivity index (χ1n) is 5.89. The second-order valence-corrected chi connectivity index (χ2v) is 5.34. The Balaban J connectivity index is 2.23. The minimum absolute atomic E-state index is 0.0609. The van der Waals surface area contributed by atoms with Crippen LogP contribution in [0.4, 0.5) is 5.95 Å². The predicted octanol–water partition coefficient (Wildman–Crippen LogP) is 2.34. The summed E-state index contributed by atoms with van der Waals surface area (Å²) in [6.45, 7) is 3.75. The number of nitrogens with zero attached hydrogens (tertiary/aromatic N) is 3. The maximum Gasteiger partial charge on any atom is 0.330 e. The predicted molar refractivity (Wildman–Crippen MR) is 82.6 cm³/mol. The number of halogens is 1. The van der Waals surface area contributed by atoms with Gasteiger partial charge in [-0.15, -0.1) is 4.98 Å². The number of hydrogen-bond acceptors (Lipinski definition) is 7. The van der Waals surface area contributed by atoms with Crippen molar-refractivity contribution < 1.29 is 9.47 Å². The van der Waals surface area contributed by atoms with Crippen molar-refractivity contribution in [2.75, 3.05) is 5.43 Å². The monoisotopic (exact) mass is 387 g/mol. The zero-order valence-electron chi connectivity index (χ0n) is 11.0. The fourth-order valence-electron chi connectivity index (χ4n) is 1.32. The molecule has 1 aromatic carbocycles. The highest BCUT2D eigenvalue weighted by Gasteiger charge is 2.10. The van der Waals surface area contributed by atoms with Gasteiger partial charge in [-0.3, -0.25) is 5.43 Å². The van der Waals surface area contributed by atoms with E-state index in [1.807, 2.05) is 38.1 Å². The molecule has 20 heavy (non-hydrogen) atoms. The van der Waals surface area contributed by atoms with Gasteiger partial charge in [-0.2, -0.15) is 9.97 Å². The Bertz CT molecular complexity index is 577. The van der Waals surface area contributed by atoms with Gasteiger partial charge in [0.15, 0.2) is 0 Å². The van der Waals surface area contributed by atoms with Crippen molar-refractivity contribution in [3.8, 4) is 17.8 Å². The summed E-state index contributed by atoms with van der Waals surface area (Å²) in [7, 11) is 0. The molecule has 0 saturated carbocycles. The minimum Gasteiger partial charge on any atom is -0.461 e. The molecular formula is C12H14IN5O2. The Kier molecular flexibility index (Phi) is 4.90. The number of anilines is 1. The summed E-state index contributed by atoms with van der Waals surface area (Å²) in [5, 5.41) is 0. The van der Waals surface area contributed by atoms with Crippen LogP contribution in [0.15, 0.2) is 24.3 Å². The molecule has 0 radical (unpaired) electrons. The van der Waals surface area contributed by atoms with Gasteiger partial charge in [-0.25, -0.2) is 5.84 Å². The molecule has 0 aliphatic carbocycles. The van der Waals surface area contributed by atoms with E-state index in [-0.39, 0.29) is 24.1 Å². The summed E-state index contributed by atoms with van der Waals surface area (Å²) in [5.41, 5.74) is 2.35. The third kappa shape index (κ3) is 4.17. The average Bonchev–Trinajstić information content (AvgIpc) is 2.40. The van der Waals surface area contributed by atoms with Crippen LogP contribution in [0.5, 0.6) is 17.8 Å². The molecule has 0 fully saturated rings. The lowest BCUT2D eigenvalue weighted by Crippen LogP contribution is -2.14. The van der Waals surface area contributed by atoms with Gasteiger partial charge in [0.25, 0.3) is 0 Å². The lowest BCUT2D eigenvalue weighted by Gasteiger charge is -2.10. The number of ether oxygens (including phenoxy) is 2. The van der Waals surface area contributed by atoms with Crippen molar-refractivity contribution in [3.05, 3.63) is 27.8 Å². The summed E-state index contributed by atoms with van der Waals surface area (Å²) in [6, 6.07) is 7.76. The zero-order chi connectivity index (χ0) is 14.5. The van der Waals surface area contributed by atoms with Gasteiger partial charge in [0.2, 0.25) is 5.95 Å². The van der Waals surface area contributed by atoms with E-state index in [1.165, 1.54) is 0 Å². The second-order valence-electron chi connectivity index (χ2n) is 4.09. The van der Waals surface area contributed by atoms with Crippen molar-refractivity contribution >= 4 is 28.5 Å². The lowest BCUT2D eigenvalue weighted by atomic mass is 10.3. The Morgan fingerprint density at radius 3 is 2.35 bits per heavy atom. The molecule has 2 aromatic rings. The van der Waals surface area contributed by atoms with Gasteiger partial charge in [0.1, 0.15) is 5.75 Å². The van der Waals surface area contributed by atoms with E-state index in [9.17, 15) is 0 Å². The standard InChI is InChI=1S/C12H14IN5O2/c1-7(2)19-11-15-10(18-14)16-12(17-11)20-9-5-3-8(13)4-6-9/h3-7H,14H2,1-2H3,(H,15,16,17,18). The van der Waals surface area contributed by atoms with Crippen molar-refractivity contribution in [1.29, 1.82) is 0 Å². The normalized spacial score (nSPS) is 10.4. The number of nitrogens with one attached hydrogen (secondary N) is 1. The third-order valence-electron chi connectivity index (χ3n) is 2.09. The van der Waals surface area contributed by atoms with Crippen LogP contribution in [0.25, 0.3) is 0 Å². The molecule has 0 spiro atoms. The van der Waals surface area contributed by atoms with Crippen LogP contribution in [0, 0.1) is 3.57 Å². The van der Waals surface area contributed by atoms with Crippen molar-refractivity contribution in [2.24, 2.45) is 5.84 Å². The van der Waals surface area contributed by atoms with Crippen LogP contribution in [0.3, 0.4) is 0 Å². The fraction of sp³-hybridized carbons (Fsp3) is 0.250. The molecule has 0 saturated heterocycles. The molecule has 0 aliphatic heterocycles. The van der Waals surface area contributed by atoms with E-state index in [2.05, 4.69) is 43.0 Å². The first-order valence-corrected chi connectivity index (χ1v) is 6.97. The SMILES string of the molecule is CC(C)Oc1nc(NN)nc(Oc2ccc(I)cc2)n1. The van der Waals surface area contributed by atoms with Gasteiger partial charge in [0.05, 0.1) is 6.10 Å². The second kappa shape index (κ2) is 6.66. The molecule has 0 atom stereocenters. The van der Waals surface area contributed by atoms with Crippen LogP contribution in [-0.4, -0.2) is 21.1 Å². The molecule has 3 N–H and O–H groups in total. The topological polar surface area (TPSA) is 95.2 Å². The first-order chi connectivity index (χ1) is 9.56. The Labute approximate surface area is 130 Å². The van der Waals surface area contributed by atoms with E-state index < -0.39 is 0 Å². The van der Waals surface area contributed by atoms with Crippen LogP contribution in [-0.2, 0) is 0 Å². The molecule has 0 bridgehead atoms.